The Kier molecular flexibility index (Phi) is 7.06. The summed E-state index contributed by atoms with van der Waals surface area (Å²) in [5.41, 5.74) is 3.50. The average molecular weight is 605 g/mol. The van der Waals surface area contributed by atoms with Crippen LogP contribution in [0.3, 0.4) is 0 Å². The minimum atomic E-state index is -3.64. The molecule has 5 aromatic rings. The second kappa shape index (κ2) is 10.9. The summed E-state index contributed by atoms with van der Waals surface area (Å²) in [5, 5.41) is 3.72. The molecule has 0 amide bonds. The summed E-state index contributed by atoms with van der Waals surface area (Å²) in [6.45, 7) is 7.28. The first-order valence-electron chi connectivity index (χ1n) is 14.0. The molecule has 1 saturated carbocycles. The van der Waals surface area contributed by atoms with Crippen molar-refractivity contribution in [3.8, 4) is 10.7 Å². The molecule has 1 N–H and O–H groups in total. The van der Waals surface area contributed by atoms with Crippen LogP contribution in [-0.2, 0) is 16.6 Å². The predicted molar refractivity (Wildman–Crippen MR) is 167 cm³/mol. The molecule has 2 fully saturated rings. The van der Waals surface area contributed by atoms with E-state index < -0.39 is 10.0 Å². The number of H-pyrrole nitrogens is 1. The number of thiazole rings is 1. The summed E-state index contributed by atoms with van der Waals surface area (Å²) in [6.07, 6.45) is 4.12. The van der Waals surface area contributed by atoms with Crippen LogP contribution in [0.1, 0.15) is 23.4 Å². The number of benzene rings is 1. The maximum Gasteiger partial charge on any atom is 0.273 e. The first-order chi connectivity index (χ1) is 19.9. The van der Waals surface area contributed by atoms with Gasteiger partial charge in [-0.25, -0.2) is 18.4 Å². The number of rotatable bonds is 9. The monoisotopic (exact) mass is 604 g/mol. The Labute approximate surface area is 248 Å². The van der Waals surface area contributed by atoms with Crippen molar-refractivity contribution in [2.45, 2.75) is 30.5 Å². The van der Waals surface area contributed by atoms with Crippen molar-refractivity contribution in [2.24, 2.45) is 5.92 Å². The van der Waals surface area contributed by atoms with Crippen LogP contribution in [0.15, 0.2) is 70.4 Å². The van der Waals surface area contributed by atoms with Gasteiger partial charge in [-0.1, -0.05) is 24.3 Å². The highest BCUT2D eigenvalue weighted by Gasteiger charge is 2.33. The number of para-hydroxylation sites is 1. The Balaban J connectivity index is 1.10. The van der Waals surface area contributed by atoms with Crippen molar-refractivity contribution in [1.29, 1.82) is 0 Å². The molecule has 0 radical (unpaired) electrons. The van der Waals surface area contributed by atoms with Gasteiger partial charge in [-0.2, -0.15) is 0 Å². The number of anilines is 2. The molecule has 7 rings (SSSR count). The van der Waals surface area contributed by atoms with Crippen LogP contribution in [-0.4, -0.2) is 61.0 Å². The molecule has 41 heavy (non-hydrogen) atoms. The number of sulfonamides is 1. The van der Waals surface area contributed by atoms with E-state index in [1.165, 1.54) is 16.2 Å². The quantitative estimate of drug-likeness (QED) is 0.223. The van der Waals surface area contributed by atoms with E-state index >= 15 is 0 Å². The van der Waals surface area contributed by atoms with E-state index in [0.29, 0.717) is 22.4 Å². The second-order valence-electron chi connectivity index (χ2n) is 10.9. The molecule has 0 unspecified atom stereocenters. The number of hydrogen-bond acceptors (Lipinski definition) is 8. The van der Waals surface area contributed by atoms with Gasteiger partial charge in [0.05, 0.1) is 16.9 Å². The molecule has 2 aliphatic rings. The van der Waals surface area contributed by atoms with Crippen molar-refractivity contribution in [2.75, 3.05) is 41.9 Å². The Bertz CT molecular complexity index is 1770. The Hall–Kier alpha value is -3.25. The van der Waals surface area contributed by atoms with Gasteiger partial charge in [0.25, 0.3) is 10.0 Å². The third-order valence-corrected chi connectivity index (χ3v) is 12.0. The lowest BCUT2D eigenvalue weighted by molar-refractivity contribution is 0.251. The molecule has 4 aromatic heterocycles. The average Bonchev–Trinajstić information content (AvgIpc) is 3.36. The third-order valence-electron chi connectivity index (χ3n) is 7.80. The van der Waals surface area contributed by atoms with Gasteiger partial charge in [0.2, 0.25) is 0 Å². The van der Waals surface area contributed by atoms with E-state index in [2.05, 4.69) is 38.0 Å². The van der Waals surface area contributed by atoms with E-state index in [4.69, 9.17) is 4.98 Å². The molecular weight excluding hydrogens is 573 g/mol. The summed E-state index contributed by atoms with van der Waals surface area (Å²) >= 11 is 2.96. The zero-order chi connectivity index (χ0) is 28.0. The molecule has 0 atom stereocenters. The standard InChI is InChI=1S/C30H32N6O2S3/c1-21-5-2-8-27(32-21)35-14-12-34(13-15-35)20-24-18-31-30(40-24)25-17-23-6-3-7-26(29(23)33-25)36(19-22-10-11-22)41(37,38)28-9-4-16-39-28/h2-9,16-18,22,33H,10-15,19-20H2,1H3. The largest absolute Gasteiger partial charge is 0.354 e. The van der Waals surface area contributed by atoms with Gasteiger partial charge in [0.1, 0.15) is 15.0 Å². The zero-order valence-corrected chi connectivity index (χ0v) is 25.3. The molecule has 1 aliphatic heterocycles. The zero-order valence-electron chi connectivity index (χ0n) is 22.9. The number of pyridine rings is 1. The summed E-state index contributed by atoms with van der Waals surface area (Å²) < 4.78 is 29.4. The van der Waals surface area contributed by atoms with E-state index in [1.807, 2.05) is 42.8 Å². The van der Waals surface area contributed by atoms with Crippen LogP contribution in [0, 0.1) is 12.8 Å². The second-order valence-corrected chi connectivity index (χ2v) is 15.0. The van der Waals surface area contributed by atoms with Crippen molar-refractivity contribution in [3.63, 3.8) is 0 Å². The lowest BCUT2D eigenvalue weighted by Gasteiger charge is -2.35. The number of nitrogens with one attached hydrogen (secondary N) is 1. The predicted octanol–water partition coefficient (Wildman–Crippen LogP) is 5.98. The molecule has 1 saturated heterocycles. The normalized spacial score (nSPS) is 16.5. The van der Waals surface area contributed by atoms with Crippen LogP contribution in [0.4, 0.5) is 11.5 Å². The molecule has 0 bridgehead atoms. The number of hydrogen-bond donors (Lipinski definition) is 1. The van der Waals surface area contributed by atoms with E-state index in [1.54, 1.807) is 27.8 Å². The molecule has 1 aromatic carbocycles. The van der Waals surface area contributed by atoms with Crippen LogP contribution < -0.4 is 9.21 Å². The molecule has 11 heteroatoms. The van der Waals surface area contributed by atoms with Crippen molar-refractivity contribution >= 4 is 55.1 Å². The maximum atomic E-state index is 13.7. The number of piperazine rings is 1. The van der Waals surface area contributed by atoms with Gasteiger partial charge in [0.15, 0.2) is 0 Å². The van der Waals surface area contributed by atoms with Gasteiger partial charge < -0.3 is 9.88 Å². The lowest BCUT2D eigenvalue weighted by atomic mass is 10.2. The molecule has 5 heterocycles. The van der Waals surface area contributed by atoms with Crippen LogP contribution in [0.2, 0.25) is 0 Å². The molecule has 212 valence electrons. The van der Waals surface area contributed by atoms with Gasteiger partial charge in [-0.15, -0.1) is 22.7 Å². The van der Waals surface area contributed by atoms with Crippen molar-refractivity contribution < 1.29 is 8.42 Å². The molecule has 0 spiro atoms. The summed E-state index contributed by atoms with van der Waals surface area (Å²) in [5.74, 6) is 1.47. The first kappa shape index (κ1) is 26.6. The van der Waals surface area contributed by atoms with Crippen molar-refractivity contribution in [3.05, 3.63) is 76.7 Å². The fraction of sp³-hybridized carbons (Fsp3) is 0.333. The van der Waals surface area contributed by atoms with Gasteiger partial charge >= 0.3 is 0 Å². The Morgan fingerprint density at radius 2 is 1.88 bits per heavy atom. The fourth-order valence-electron chi connectivity index (χ4n) is 5.41. The summed E-state index contributed by atoms with van der Waals surface area (Å²) in [6, 6.07) is 17.7. The van der Waals surface area contributed by atoms with Gasteiger partial charge in [0, 0.05) is 61.4 Å². The summed E-state index contributed by atoms with van der Waals surface area (Å²) in [4.78, 5) is 19.0. The van der Waals surface area contributed by atoms with Crippen molar-refractivity contribution in [1.82, 2.24) is 19.9 Å². The minimum absolute atomic E-state index is 0.377. The Morgan fingerprint density at radius 3 is 2.63 bits per heavy atom. The lowest BCUT2D eigenvalue weighted by Crippen LogP contribution is -2.46. The number of nitrogens with zero attached hydrogens (tertiary/aromatic N) is 5. The minimum Gasteiger partial charge on any atom is -0.354 e. The first-order valence-corrected chi connectivity index (χ1v) is 17.1. The molecule has 8 nitrogen and oxygen atoms in total. The van der Waals surface area contributed by atoms with Crippen LogP contribution >= 0.6 is 22.7 Å². The SMILES string of the molecule is Cc1cccc(N2CCN(Cc3cnc(-c4cc5cccc(N(CC6CC6)S(=O)(=O)c6cccs6)c5[nH]4)s3)CC2)n1. The topological polar surface area (TPSA) is 85.4 Å². The number of aromatic nitrogens is 3. The maximum absolute atomic E-state index is 13.7. The van der Waals surface area contributed by atoms with Gasteiger partial charge in [-0.05, 0) is 61.4 Å². The molecule has 1 aliphatic carbocycles. The number of aryl methyl sites for hydroxylation is 1. The highest BCUT2D eigenvalue weighted by atomic mass is 32.2. The van der Waals surface area contributed by atoms with E-state index in [-0.39, 0.29) is 0 Å². The number of thiophene rings is 1. The highest BCUT2D eigenvalue weighted by Crippen LogP contribution is 2.39. The van der Waals surface area contributed by atoms with Crippen LogP contribution in [0.5, 0.6) is 0 Å². The smallest absolute Gasteiger partial charge is 0.273 e. The Morgan fingerprint density at radius 1 is 1.05 bits per heavy atom. The highest BCUT2D eigenvalue weighted by molar-refractivity contribution is 7.94. The van der Waals surface area contributed by atoms with Gasteiger partial charge in [-0.3, -0.25) is 9.21 Å². The number of fused-ring (bicyclic) bond motifs is 1. The van der Waals surface area contributed by atoms with E-state index in [9.17, 15) is 8.42 Å². The fourth-order valence-corrected chi connectivity index (χ4v) is 8.99. The summed E-state index contributed by atoms with van der Waals surface area (Å²) in [7, 11) is -3.64. The van der Waals surface area contributed by atoms with Crippen LogP contribution in [0.25, 0.3) is 21.6 Å². The van der Waals surface area contributed by atoms with E-state index in [0.717, 1.165) is 78.7 Å². The molecular formula is C30H32N6O2S3. The third kappa shape index (κ3) is 5.51. The number of aromatic amines is 1.